The van der Waals surface area contributed by atoms with Crippen LogP contribution in [-0.2, 0) is 4.79 Å². The molecule has 0 aliphatic heterocycles. The van der Waals surface area contributed by atoms with Crippen molar-refractivity contribution < 1.29 is 4.79 Å². The Hall–Kier alpha value is -1.09. The number of carbonyl (C=O) groups is 1. The van der Waals surface area contributed by atoms with E-state index in [-0.39, 0.29) is 11.8 Å². The molecule has 1 N–H and O–H groups in total. The van der Waals surface area contributed by atoms with Gasteiger partial charge in [0.05, 0.1) is 5.69 Å². The van der Waals surface area contributed by atoms with Gasteiger partial charge in [0.1, 0.15) is 0 Å². The molecule has 1 fully saturated rings. The summed E-state index contributed by atoms with van der Waals surface area (Å²) >= 11 is 5.92. The quantitative estimate of drug-likeness (QED) is 0.805. The van der Waals surface area contributed by atoms with Crippen molar-refractivity contribution >= 4 is 23.2 Å². The number of rotatable bonds is 2. The molecule has 4 heteroatoms. The second kappa shape index (κ2) is 4.83. The Morgan fingerprint density at radius 1 is 1.50 bits per heavy atom. The lowest BCUT2D eigenvalue weighted by atomic mass is 10.1. The zero-order valence-electron chi connectivity index (χ0n) is 9.29. The van der Waals surface area contributed by atoms with Gasteiger partial charge in [-0.15, -0.1) is 0 Å². The van der Waals surface area contributed by atoms with Crippen molar-refractivity contribution in [3.05, 3.63) is 23.0 Å². The molecule has 1 aromatic heterocycles. The van der Waals surface area contributed by atoms with Crippen LogP contribution in [0.2, 0.25) is 5.15 Å². The number of carbonyl (C=O) groups excluding carboxylic acids is 1. The minimum absolute atomic E-state index is 0.0757. The third kappa shape index (κ3) is 2.53. The highest BCUT2D eigenvalue weighted by atomic mass is 35.5. The molecule has 1 heterocycles. The van der Waals surface area contributed by atoms with E-state index in [4.69, 9.17) is 11.6 Å². The Balaban J connectivity index is 2.07. The van der Waals surface area contributed by atoms with E-state index < -0.39 is 0 Å². The maximum absolute atomic E-state index is 11.9. The van der Waals surface area contributed by atoms with Crippen molar-refractivity contribution in [2.45, 2.75) is 32.6 Å². The van der Waals surface area contributed by atoms with Crippen molar-refractivity contribution in [3.63, 3.8) is 0 Å². The van der Waals surface area contributed by atoms with Crippen LogP contribution < -0.4 is 5.32 Å². The number of nitrogens with one attached hydrogen (secondary N) is 1. The van der Waals surface area contributed by atoms with Gasteiger partial charge in [0.15, 0.2) is 5.15 Å². The summed E-state index contributed by atoms with van der Waals surface area (Å²) in [5.74, 6) is 0.225. The SMILES string of the molecule is Cc1cnc(Cl)c(NC(=O)C2CCCC2)c1. The Morgan fingerprint density at radius 3 is 2.88 bits per heavy atom. The minimum atomic E-state index is 0.0757. The van der Waals surface area contributed by atoms with Crippen LogP contribution >= 0.6 is 11.6 Å². The van der Waals surface area contributed by atoms with Gasteiger partial charge in [-0.2, -0.15) is 0 Å². The molecular formula is C12H15ClN2O. The van der Waals surface area contributed by atoms with E-state index in [0.29, 0.717) is 10.8 Å². The van der Waals surface area contributed by atoms with Crippen LogP contribution in [0.15, 0.2) is 12.3 Å². The first-order chi connectivity index (χ1) is 7.66. The number of nitrogens with zero attached hydrogens (tertiary/aromatic N) is 1. The third-order valence-corrected chi connectivity index (χ3v) is 3.26. The summed E-state index contributed by atoms with van der Waals surface area (Å²) in [5, 5.41) is 3.22. The average Bonchev–Trinajstić information content (AvgIpc) is 2.76. The number of pyridine rings is 1. The Morgan fingerprint density at radius 2 is 2.19 bits per heavy atom. The maximum atomic E-state index is 11.9. The predicted molar refractivity (Wildman–Crippen MR) is 64.6 cm³/mol. The number of hydrogen-bond donors (Lipinski definition) is 1. The molecule has 1 saturated carbocycles. The fourth-order valence-corrected chi connectivity index (χ4v) is 2.21. The van der Waals surface area contributed by atoms with Crippen LogP contribution in [0.3, 0.4) is 0 Å². The van der Waals surface area contributed by atoms with E-state index in [2.05, 4.69) is 10.3 Å². The zero-order valence-corrected chi connectivity index (χ0v) is 10.0. The zero-order chi connectivity index (χ0) is 11.5. The lowest BCUT2D eigenvalue weighted by Gasteiger charge is -2.11. The fraction of sp³-hybridized carbons (Fsp3) is 0.500. The maximum Gasteiger partial charge on any atom is 0.227 e. The number of aromatic nitrogens is 1. The molecule has 1 amide bonds. The minimum Gasteiger partial charge on any atom is -0.323 e. The number of halogens is 1. The van der Waals surface area contributed by atoms with Crippen molar-refractivity contribution in [1.29, 1.82) is 0 Å². The highest BCUT2D eigenvalue weighted by molar-refractivity contribution is 6.32. The van der Waals surface area contributed by atoms with Gasteiger partial charge in [0, 0.05) is 12.1 Å². The summed E-state index contributed by atoms with van der Waals surface area (Å²) in [6.07, 6.45) is 5.97. The van der Waals surface area contributed by atoms with E-state index in [1.54, 1.807) is 6.20 Å². The van der Waals surface area contributed by atoms with E-state index in [9.17, 15) is 4.79 Å². The molecule has 1 aliphatic carbocycles. The Kier molecular flexibility index (Phi) is 3.44. The van der Waals surface area contributed by atoms with Gasteiger partial charge in [0.25, 0.3) is 0 Å². The highest BCUT2D eigenvalue weighted by Crippen LogP contribution is 2.27. The normalized spacial score (nSPS) is 16.4. The van der Waals surface area contributed by atoms with Crippen molar-refractivity contribution in [2.75, 3.05) is 5.32 Å². The third-order valence-electron chi connectivity index (χ3n) is 2.96. The van der Waals surface area contributed by atoms with Crippen LogP contribution in [0.25, 0.3) is 0 Å². The van der Waals surface area contributed by atoms with Crippen LogP contribution in [-0.4, -0.2) is 10.9 Å². The number of hydrogen-bond acceptors (Lipinski definition) is 2. The topological polar surface area (TPSA) is 42.0 Å². The molecule has 0 saturated heterocycles. The van der Waals surface area contributed by atoms with Crippen LogP contribution in [0.4, 0.5) is 5.69 Å². The number of anilines is 1. The fourth-order valence-electron chi connectivity index (χ4n) is 2.06. The summed E-state index contributed by atoms with van der Waals surface area (Å²) < 4.78 is 0. The summed E-state index contributed by atoms with van der Waals surface area (Å²) in [6, 6.07) is 1.85. The molecule has 86 valence electrons. The van der Waals surface area contributed by atoms with Crippen LogP contribution in [0, 0.1) is 12.8 Å². The van der Waals surface area contributed by atoms with Gasteiger partial charge in [0.2, 0.25) is 5.91 Å². The van der Waals surface area contributed by atoms with Crippen LogP contribution in [0.5, 0.6) is 0 Å². The number of amides is 1. The summed E-state index contributed by atoms with van der Waals surface area (Å²) in [4.78, 5) is 15.9. The van der Waals surface area contributed by atoms with E-state index >= 15 is 0 Å². The second-order valence-electron chi connectivity index (χ2n) is 4.32. The molecular weight excluding hydrogens is 224 g/mol. The van der Waals surface area contributed by atoms with Crippen molar-refractivity contribution in [2.24, 2.45) is 5.92 Å². The monoisotopic (exact) mass is 238 g/mol. The Labute approximate surface area is 100 Å². The van der Waals surface area contributed by atoms with E-state index in [1.807, 2.05) is 13.0 Å². The molecule has 0 atom stereocenters. The van der Waals surface area contributed by atoms with Gasteiger partial charge >= 0.3 is 0 Å². The van der Waals surface area contributed by atoms with Gasteiger partial charge in [-0.25, -0.2) is 4.98 Å². The first-order valence-electron chi connectivity index (χ1n) is 5.60. The number of aryl methyl sites for hydroxylation is 1. The molecule has 0 spiro atoms. The molecule has 1 aliphatic rings. The molecule has 16 heavy (non-hydrogen) atoms. The highest BCUT2D eigenvalue weighted by Gasteiger charge is 2.23. The van der Waals surface area contributed by atoms with Crippen molar-refractivity contribution in [1.82, 2.24) is 4.98 Å². The summed E-state index contributed by atoms with van der Waals surface area (Å²) in [7, 11) is 0. The molecule has 0 radical (unpaired) electrons. The molecule has 0 unspecified atom stereocenters. The standard InChI is InChI=1S/C12H15ClN2O/c1-8-6-10(11(13)14-7-8)15-12(16)9-4-2-3-5-9/h6-7,9H,2-5H2,1H3,(H,15,16). The first kappa shape index (κ1) is 11.4. The lowest BCUT2D eigenvalue weighted by Crippen LogP contribution is -2.20. The predicted octanol–water partition coefficient (Wildman–Crippen LogP) is 3.17. The van der Waals surface area contributed by atoms with Gasteiger partial charge < -0.3 is 5.32 Å². The molecule has 1 aromatic rings. The van der Waals surface area contributed by atoms with Crippen LogP contribution in [0.1, 0.15) is 31.2 Å². The largest absolute Gasteiger partial charge is 0.323 e. The molecule has 2 rings (SSSR count). The first-order valence-corrected chi connectivity index (χ1v) is 5.97. The van der Waals surface area contributed by atoms with Gasteiger partial charge in [-0.1, -0.05) is 24.4 Å². The molecule has 0 bridgehead atoms. The summed E-state index contributed by atoms with van der Waals surface area (Å²) in [6.45, 7) is 1.93. The summed E-state index contributed by atoms with van der Waals surface area (Å²) in [5.41, 5.74) is 1.62. The lowest BCUT2D eigenvalue weighted by molar-refractivity contribution is -0.119. The average molecular weight is 239 g/mol. The molecule has 3 nitrogen and oxygen atoms in total. The Bertz CT molecular complexity index is 400. The molecule has 0 aromatic carbocycles. The van der Waals surface area contributed by atoms with Crippen molar-refractivity contribution in [3.8, 4) is 0 Å². The van der Waals surface area contributed by atoms with Gasteiger partial charge in [-0.05, 0) is 31.4 Å². The van der Waals surface area contributed by atoms with E-state index in [0.717, 1.165) is 31.2 Å². The second-order valence-corrected chi connectivity index (χ2v) is 4.68. The van der Waals surface area contributed by atoms with Gasteiger partial charge in [-0.3, -0.25) is 4.79 Å². The van der Waals surface area contributed by atoms with E-state index in [1.165, 1.54) is 0 Å². The smallest absolute Gasteiger partial charge is 0.227 e.